The number of hydrogen-bond acceptors (Lipinski definition) is 2. The van der Waals surface area contributed by atoms with Crippen LogP contribution in [-0.4, -0.2) is 15.0 Å². The molecular formula is C17H13N3. The van der Waals surface area contributed by atoms with E-state index in [4.69, 9.17) is 4.98 Å². The lowest BCUT2D eigenvalue weighted by Crippen LogP contribution is -1.89. The fourth-order valence-electron chi connectivity index (χ4n) is 2.54. The Labute approximate surface area is 116 Å². The molecule has 0 aliphatic heterocycles. The van der Waals surface area contributed by atoms with Crippen LogP contribution in [0.5, 0.6) is 0 Å². The number of fused-ring (bicyclic) bond motifs is 2. The second kappa shape index (κ2) is 4.17. The van der Waals surface area contributed by atoms with Gasteiger partial charge in [-0.25, -0.2) is 9.97 Å². The zero-order valence-electron chi connectivity index (χ0n) is 11.1. The molecule has 2 aromatic carbocycles. The highest BCUT2D eigenvalue weighted by Gasteiger charge is 2.08. The number of aromatic amines is 1. The third-order valence-electron chi connectivity index (χ3n) is 3.56. The normalized spacial score (nSPS) is 11.2. The van der Waals surface area contributed by atoms with E-state index in [9.17, 15) is 0 Å². The molecule has 0 saturated carbocycles. The Morgan fingerprint density at radius 1 is 0.850 bits per heavy atom. The van der Waals surface area contributed by atoms with E-state index in [2.05, 4.69) is 29.0 Å². The van der Waals surface area contributed by atoms with E-state index in [0.29, 0.717) is 0 Å². The SMILES string of the molecule is Cc1cc(-c2nc3ccccc3[nH]2)nc2ccccc12. The van der Waals surface area contributed by atoms with E-state index >= 15 is 0 Å². The van der Waals surface area contributed by atoms with E-state index < -0.39 is 0 Å². The minimum Gasteiger partial charge on any atom is -0.337 e. The van der Waals surface area contributed by atoms with Crippen molar-refractivity contribution in [2.24, 2.45) is 0 Å². The summed E-state index contributed by atoms with van der Waals surface area (Å²) in [5, 5.41) is 1.19. The second-order valence-corrected chi connectivity index (χ2v) is 4.94. The van der Waals surface area contributed by atoms with Crippen molar-refractivity contribution in [2.75, 3.05) is 0 Å². The highest BCUT2D eigenvalue weighted by Crippen LogP contribution is 2.24. The van der Waals surface area contributed by atoms with Gasteiger partial charge in [0.1, 0.15) is 5.69 Å². The van der Waals surface area contributed by atoms with E-state index in [1.165, 1.54) is 10.9 Å². The summed E-state index contributed by atoms with van der Waals surface area (Å²) in [6.45, 7) is 2.11. The molecule has 4 rings (SSSR count). The van der Waals surface area contributed by atoms with Crippen LogP contribution in [0.15, 0.2) is 54.6 Å². The van der Waals surface area contributed by atoms with Crippen LogP contribution in [0.25, 0.3) is 33.5 Å². The number of nitrogens with one attached hydrogen (secondary N) is 1. The van der Waals surface area contributed by atoms with Crippen molar-refractivity contribution >= 4 is 21.9 Å². The molecule has 3 heteroatoms. The first kappa shape index (κ1) is 11.2. The topological polar surface area (TPSA) is 41.6 Å². The van der Waals surface area contributed by atoms with Gasteiger partial charge in [-0.3, -0.25) is 0 Å². The molecule has 20 heavy (non-hydrogen) atoms. The molecule has 2 aromatic heterocycles. The summed E-state index contributed by atoms with van der Waals surface area (Å²) in [7, 11) is 0. The zero-order chi connectivity index (χ0) is 13.5. The van der Waals surface area contributed by atoms with Crippen LogP contribution in [-0.2, 0) is 0 Å². The molecule has 0 saturated heterocycles. The largest absolute Gasteiger partial charge is 0.337 e. The average Bonchev–Trinajstić information content (AvgIpc) is 2.91. The van der Waals surface area contributed by atoms with Crippen LogP contribution in [0.3, 0.4) is 0 Å². The predicted molar refractivity (Wildman–Crippen MR) is 81.6 cm³/mol. The number of H-pyrrole nitrogens is 1. The van der Waals surface area contributed by atoms with Crippen molar-refractivity contribution < 1.29 is 0 Å². The smallest absolute Gasteiger partial charge is 0.157 e. The van der Waals surface area contributed by atoms with E-state index in [1.54, 1.807) is 0 Å². The van der Waals surface area contributed by atoms with Crippen molar-refractivity contribution in [1.82, 2.24) is 15.0 Å². The van der Waals surface area contributed by atoms with Gasteiger partial charge >= 0.3 is 0 Å². The number of benzene rings is 2. The van der Waals surface area contributed by atoms with Gasteiger partial charge in [0.05, 0.1) is 16.6 Å². The van der Waals surface area contributed by atoms with Crippen LogP contribution < -0.4 is 0 Å². The molecule has 0 fully saturated rings. The predicted octanol–water partition coefficient (Wildman–Crippen LogP) is 4.09. The van der Waals surface area contributed by atoms with Gasteiger partial charge in [0, 0.05) is 5.39 Å². The summed E-state index contributed by atoms with van der Waals surface area (Å²) in [6.07, 6.45) is 0. The van der Waals surface area contributed by atoms with Crippen molar-refractivity contribution in [2.45, 2.75) is 6.92 Å². The minimum atomic E-state index is 0.819. The molecule has 0 radical (unpaired) electrons. The molecule has 1 N–H and O–H groups in total. The maximum atomic E-state index is 4.71. The summed E-state index contributed by atoms with van der Waals surface area (Å²) in [5.41, 5.74) is 5.11. The van der Waals surface area contributed by atoms with Gasteiger partial charge in [-0.2, -0.15) is 0 Å². The molecule has 0 aliphatic carbocycles. The van der Waals surface area contributed by atoms with E-state index in [-0.39, 0.29) is 0 Å². The summed E-state index contributed by atoms with van der Waals surface area (Å²) < 4.78 is 0. The van der Waals surface area contributed by atoms with Crippen LogP contribution in [0, 0.1) is 6.92 Å². The molecule has 0 atom stereocenters. The lowest BCUT2D eigenvalue weighted by molar-refractivity contribution is 1.26. The van der Waals surface area contributed by atoms with Gasteiger partial charge in [0.25, 0.3) is 0 Å². The van der Waals surface area contributed by atoms with Crippen LogP contribution >= 0.6 is 0 Å². The first-order chi connectivity index (χ1) is 9.81. The van der Waals surface area contributed by atoms with Gasteiger partial charge < -0.3 is 4.98 Å². The fourth-order valence-corrected chi connectivity index (χ4v) is 2.54. The Kier molecular flexibility index (Phi) is 2.33. The number of hydrogen-bond donors (Lipinski definition) is 1. The highest BCUT2D eigenvalue weighted by atomic mass is 14.9. The first-order valence-corrected chi connectivity index (χ1v) is 6.63. The van der Waals surface area contributed by atoms with Crippen molar-refractivity contribution in [3.8, 4) is 11.5 Å². The van der Waals surface area contributed by atoms with Gasteiger partial charge in [-0.05, 0) is 36.8 Å². The number of nitrogens with zero attached hydrogens (tertiary/aromatic N) is 2. The van der Waals surface area contributed by atoms with Crippen LogP contribution in [0.2, 0.25) is 0 Å². The average molecular weight is 259 g/mol. The lowest BCUT2D eigenvalue weighted by Gasteiger charge is -2.04. The number of rotatable bonds is 1. The third-order valence-corrected chi connectivity index (χ3v) is 3.56. The first-order valence-electron chi connectivity index (χ1n) is 6.63. The van der Waals surface area contributed by atoms with Gasteiger partial charge in [0.15, 0.2) is 5.82 Å². The highest BCUT2D eigenvalue weighted by molar-refractivity contribution is 5.85. The Morgan fingerprint density at radius 2 is 1.60 bits per heavy atom. The summed E-state index contributed by atoms with van der Waals surface area (Å²) in [4.78, 5) is 12.7. The van der Waals surface area contributed by atoms with Crippen molar-refractivity contribution in [1.29, 1.82) is 0 Å². The van der Waals surface area contributed by atoms with Gasteiger partial charge in [-0.15, -0.1) is 0 Å². The molecule has 3 nitrogen and oxygen atoms in total. The van der Waals surface area contributed by atoms with Gasteiger partial charge in [0.2, 0.25) is 0 Å². The molecule has 4 aromatic rings. The van der Waals surface area contributed by atoms with Crippen LogP contribution in [0.4, 0.5) is 0 Å². The van der Waals surface area contributed by atoms with Gasteiger partial charge in [-0.1, -0.05) is 30.3 Å². The minimum absolute atomic E-state index is 0.819. The molecule has 0 amide bonds. The standard InChI is InChI=1S/C17H13N3/c1-11-10-16(18-13-7-3-2-6-12(11)13)17-19-14-8-4-5-9-15(14)20-17/h2-10H,1H3,(H,19,20). The summed E-state index contributed by atoms with van der Waals surface area (Å²) in [5.74, 6) is 0.819. The number of imidazole rings is 1. The van der Waals surface area contributed by atoms with Crippen molar-refractivity contribution in [3.05, 3.63) is 60.2 Å². The fraction of sp³-hybridized carbons (Fsp3) is 0.0588. The monoisotopic (exact) mass is 259 g/mol. The summed E-state index contributed by atoms with van der Waals surface area (Å²) in [6, 6.07) is 18.3. The lowest BCUT2D eigenvalue weighted by atomic mass is 10.1. The molecule has 0 spiro atoms. The van der Waals surface area contributed by atoms with E-state index in [1.807, 2.05) is 42.5 Å². The Balaban J connectivity index is 1.97. The molecule has 2 heterocycles. The number of aromatic nitrogens is 3. The Hall–Kier alpha value is -2.68. The molecular weight excluding hydrogens is 246 g/mol. The Morgan fingerprint density at radius 3 is 2.45 bits per heavy atom. The number of para-hydroxylation sites is 3. The molecule has 0 aliphatic rings. The molecule has 96 valence electrons. The molecule has 0 unspecified atom stereocenters. The third kappa shape index (κ3) is 1.67. The van der Waals surface area contributed by atoms with Crippen LogP contribution in [0.1, 0.15) is 5.56 Å². The van der Waals surface area contributed by atoms with Crippen molar-refractivity contribution in [3.63, 3.8) is 0 Å². The summed E-state index contributed by atoms with van der Waals surface area (Å²) >= 11 is 0. The molecule has 0 bridgehead atoms. The second-order valence-electron chi connectivity index (χ2n) is 4.94. The number of aryl methyl sites for hydroxylation is 1. The maximum Gasteiger partial charge on any atom is 0.157 e. The maximum absolute atomic E-state index is 4.71. The quantitative estimate of drug-likeness (QED) is 0.559. The van der Waals surface area contributed by atoms with E-state index in [0.717, 1.165) is 28.1 Å². The number of pyridine rings is 1. The zero-order valence-corrected chi connectivity index (χ0v) is 11.1. The Bertz CT molecular complexity index is 889.